The highest BCUT2D eigenvalue weighted by molar-refractivity contribution is 5.98. The average Bonchev–Trinajstić information content (AvgIpc) is 3.28. The predicted molar refractivity (Wildman–Crippen MR) is 123 cm³/mol. The molecule has 1 aliphatic heterocycles. The second kappa shape index (κ2) is 7.56. The molecule has 8 heteroatoms. The Morgan fingerprint density at radius 2 is 1.56 bits per heavy atom. The van der Waals surface area contributed by atoms with Gasteiger partial charge in [0, 0.05) is 61.1 Å². The van der Waals surface area contributed by atoms with Crippen molar-refractivity contribution >= 4 is 33.6 Å². The SMILES string of the molecule is Fc1cccnc1N1CCN(c2ncnc3ccc(-c4c[nH]c5ncccc45)cc23)CC1. The molecule has 0 spiro atoms. The number of piperazine rings is 1. The van der Waals surface area contributed by atoms with Gasteiger partial charge in [0.05, 0.1) is 5.52 Å². The summed E-state index contributed by atoms with van der Waals surface area (Å²) in [6.07, 6.45) is 7.01. The normalized spacial score (nSPS) is 14.4. The highest BCUT2D eigenvalue weighted by Gasteiger charge is 2.23. The number of aromatic amines is 1. The lowest BCUT2D eigenvalue weighted by Gasteiger charge is -2.36. The second-order valence-electron chi connectivity index (χ2n) is 7.81. The van der Waals surface area contributed by atoms with Gasteiger partial charge in [0.1, 0.15) is 17.8 Å². The lowest BCUT2D eigenvalue weighted by Crippen LogP contribution is -2.47. The van der Waals surface area contributed by atoms with Crippen LogP contribution in [0.15, 0.2) is 67.4 Å². The number of hydrogen-bond acceptors (Lipinski definition) is 6. The molecule has 0 aliphatic carbocycles. The van der Waals surface area contributed by atoms with Gasteiger partial charge in [-0.25, -0.2) is 24.3 Å². The number of nitrogens with one attached hydrogen (secondary N) is 1. The van der Waals surface area contributed by atoms with Gasteiger partial charge in [0.25, 0.3) is 0 Å². The van der Waals surface area contributed by atoms with Crippen LogP contribution in [0.3, 0.4) is 0 Å². The fourth-order valence-corrected chi connectivity index (χ4v) is 4.40. The molecule has 1 fully saturated rings. The maximum atomic E-state index is 14.1. The molecular weight excluding hydrogens is 405 g/mol. The fourth-order valence-electron chi connectivity index (χ4n) is 4.40. The number of hydrogen-bond donors (Lipinski definition) is 1. The Morgan fingerprint density at radius 3 is 2.41 bits per heavy atom. The van der Waals surface area contributed by atoms with E-state index in [2.05, 4.69) is 48.0 Å². The van der Waals surface area contributed by atoms with E-state index >= 15 is 0 Å². The van der Waals surface area contributed by atoms with Crippen LogP contribution in [0.2, 0.25) is 0 Å². The minimum absolute atomic E-state index is 0.286. The Morgan fingerprint density at radius 1 is 0.781 bits per heavy atom. The zero-order valence-corrected chi connectivity index (χ0v) is 17.2. The quantitative estimate of drug-likeness (QED) is 0.470. The first-order chi connectivity index (χ1) is 15.8. The summed E-state index contributed by atoms with van der Waals surface area (Å²) >= 11 is 0. The maximum absolute atomic E-state index is 14.1. The average molecular weight is 425 g/mol. The van der Waals surface area contributed by atoms with Crippen molar-refractivity contribution in [2.45, 2.75) is 0 Å². The number of pyridine rings is 2. The molecule has 0 saturated carbocycles. The summed E-state index contributed by atoms with van der Waals surface area (Å²) in [5, 5.41) is 2.08. The van der Waals surface area contributed by atoms with Crippen LogP contribution in [-0.4, -0.2) is 51.1 Å². The van der Waals surface area contributed by atoms with Crippen LogP contribution in [0.25, 0.3) is 33.1 Å². The summed E-state index contributed by atoms with van der Waals surface area (Å²) in [7, 11) is 0. The molecule has 1 saturated heterocycles. The van der Waals surface area contributed by atoms with E-state index in [0.29, 0.717) is 18.9 Å². The molecule has 4 aromatic heterocycles. The summed E-state index contributed by atoms with van der Waals surface area (Å²) in [6.45, 7) is 2.80. The summed E-state index contributed by atoms with van der Waals surface area (Å²) in [5.41, 5.74) is 3.95. The van der Waals surface area contributed by atoms with Crippen molar-refractivity contribution in [3.63, 3.8) is 0 Å². The van der Waals surface area contributed by atoms with E-state index in [1.807, 2.05) is 23.2 Å². The topological polar surface area (TPSA) is 73.8 Å². The molecule has 0 radical (unpaired) electrons. The summed E-state index contributed by atoms with van der Waals surface area (Å²) in [4.78, 5) is 25.2. The van der Waals surface area contributed by atoms with Crippen LogP contribution >= 0.6 is 0 Å². The number of anilines is 2. The van der Waals surface area contributed by atoms with Gasteiger partial charge in [-0.2, -0.15) is 0 Å². The van der Waals surface area contributed by atoms with Gasteiger partial charge in [-0.15, -0.1) is 0 Å². The minimum atomic E-state index is -0.286. The van der Waals surface area contributed by atoms with Crippen LogP contribution in [-0.2, 0) is 0 Å². The molecule has 6 rings (SSSR count). The van der Waals surface area contributed by atoms with E-state index in [9.17, 15) is 4.39 Å². The van der Waals surface area contributed by atoms with Crippen LogP contribution < -0.4 is 9.80 Å². The smallest absolute Gasteiger partial charge is 0.165 e. The Bertz CT molecular complexity index is 1420. The van der Waals surface area contributed by atoms with Crippen molar-refractivity contribution in [3.8, 4) is 11.1 Å². The minimum Gasteiger partial charge on any atom is -0.352 e. The lowest BCUT2D eigenvalue weighted by molar-refractivity contribution is 0.587. The van der Waals surface area contributed by atoms with E-state index in [4.69, 9.17) is 0 Å². The van der Waals surface area contributed by atoms with Crippen LogP contribution in [0, 0.1) is 5.82 Å². The zero-order valence-electron chi connectivity index (χ0n) is 17.2. The van der Waals surface area contributed by atoms with E-state index in [1.54, 1.807) is 24.8 Å². The third-order valence-corrected chi connectivity index (χ3v) is 5.99. The van der Waals surface area contributed by atoms with Gasteiger partial charge in [-0.1, -0.05) is 6.07 Å². The molecule has 158 valence electrons. The zero-order chi connectivity index (χ0) is 21.5. The lowest BCUT2D eigenvalue weighted by atomic mass is 10.0. The van der Waals surface area contributed by atoms with Crippen molar-refractivity contribution in [2.75, 3.05) is 36.0 Å². The first kappa shape index (κ1) is 18.7. The highest BCUT2D eigenvalue weighted by atomic mass is 19.1. The second-order valence-corrected chi connectivity index (χ2v) is 7.81. The van der Waals surface area contributed by atoms with Crippen LogP contribution in [0.5, 0.6) is 0 Å². The number of halogens is 1. The van der Waals surface area contributed by atoms with E-state index in [0.717, 1.165) is 52.0 Å². The van der Waals surface area contributed by atoms with Crippen molar-refractivity contribution in [3.05, 3.63) is 73.2 Å². The molecule has 7 nitrogen and oxygen atoms in total. The molecule has 32 heavy (non-hydrogen) atoms. The van der Waals surface area contributed by atoms with Gasteiger partial charge in [-0.05, 0) is 42.0 Å². The molecule has 0 amide bonds. The fraction of sp³-hybridized carbons (Fsp3) is 0.167. The number of fused-ring (bicyclic) bond motifs is 2. The highest BCUT2D eigenvalue weighted by Crippen LogP contribution is 2.32. The number of H-pyrrole nitrogens is 1. The standard InChI is InChI=1S/C24H20FN7/c25-20-4-2-8-27-24(20)32-11-9-31(10-12-32)23-18-13-16(5-6-21(18)29-15-30-23)19-14-28-22-17(19)3-1-7-26-22/h1-8,13-15H,9-12H2,(H,26,28). The number of rotatable bonds is 3. The van der Waals surface area contributed by atoms with Crippen molar-refractivity contribution in [2.24, 2.45) is 0 Å². The van der Waals surface area contributed by atoms with E-state index in [-0.39, 0.29) is 5.82 Å². The Labute approximate surface area is 183 Å². The first-order valence-electron chi connectivity index (χ1n) is 10.6. The van der Waals surface area contributed by atoms with Crippen molar-refractivity contribution in [1.29, 1.82) is 0 Å². The van der Waals surface area contributed by atoms with Crippen molar-refractivity contribution in [1.82, 2.24) is 24.9 Å². The van der Waals surface area contributed by atoms with Crippen LogP contribution in [0.4, 0.5) is 16.0 Å². The largest absolute Gasteiger partial charge is 0.352 e. The van der Waals surface area contributed by atoms with Crippen LogP contribution in [0.1, 0.15) is 0 Å². The number of aromatic nitrogens is 5. The molecule has 1 aromatic carbocycles. The van der Waals surface area contributed by atoms with Gasteiger partial charge in [0.15, 0.2) is 11.6 Å². The molecule has 1 N–H and O–H groups in total. The summed E-state index contributed by atoms with van der Waals surface area (Å²) in [5.74, 6) is 1.03. The van der Waals surface area contributed by atoms with E-state index < -0.39 is 0 Å². The number of benzene rings is 1. The Balaban J connectivity index is 1.34. The summed E-state index contributed by atoms with van der Waals surface area (Å²) in [6, 6.07) is 13.3. The van der Waals surface area contributed by atoms with E-state index in [1.165, 1.54) is 6.07 Å². The molecule has 1 aliphatic rings. The third-order valence-electron chi connectivity index (χ3n) is 5.99. The van der Waals surface area contributed by atoms with Gasteiger partial charge in [-0.3, -0.25) is 0 Å². The molecule has 0 atom stereocenters. The molecule has 5 aromatic rings. The summed E-state index contributed by atoms with van der Waals surface area (Å²) < 4.78 is 14.1. The number of nitrogens with zero attached hydrogens (tertiary/aromatic N) is 6. The first-order valence-corrected chi connectivity index (χ1v) is 10.6. The Kier molecular flexibility index (Phi) is 4.41. The monoisotopic (exact) mass is 425 g/mol. The molecule has 0 unspecified atom stereocenters. The maximum Gasteiger partial charge on any atom is 0.165 e. The van der Waals surface area contributed by atoms with Gasteiger partial charge < -0.3 is 14.8 Å². The third kappa shape index (κ3) is 3.11. The molecular formula is C24H20FN7. The van der Waals surface area contributed by atoms with Crippen molar-refractivity contribution < 1.29 is 4.39 Å². The molecule has 0 bridgehead atoms. The van der Waals surface area contributed by atoms with Gasteiger partial charge in [0.2, 0.25) is 0 Å². The van der Waals surface area contributed by atoms with Gasteiger partial charge >= 0.3 is 0 Å². The predicted octanol–water partition coefficient (Wildman–Crippen LogP) is 4.03. The molecule has 5 heterocycles. The Hall–Kier alpha value is -4.07.